The molecule has 138 valence electrons. The highest BCUT2D eigenvalue weighted by Gasteiger charge is 2.07. The average Bonchev–Trinajstić information content (AvgIpc) is 2.68. The molecule has 3 rings (SSSR count). The number of nitrogens with zero attached hydrogens (tertiary/aromatic N) is 1. The molecule has 1 aromatic heterocycles. The highest BCUT2D eigenvalue weighted by atomic mass is 35.5. The van der Waals surface area contributed by atoms with Crippen molar-refractivity contribution < 1.29 is 19.4 Å². The molecule has 0 saturated carbocycles. The molecular formula is C21H18ClNO4. The van der Waals surface area contributed by atoms with Crippen LogP contribution >= 0.6 is 11.6 Å². The summed E-state index contributed by atoms with van der Waals surface area (Å²) >= 11 is 6.35. The number of ether oxygens (including phenoxy) is 2. The molecule has 0 aliphatic heterocycles. The van der Waals surface area contributed by atoms with E-state index >= 15 is 0 Å². The van der Waals surface area contributed by atoms with Gasteiger partial charge >= 0.3 is 5.97 Å². The first-order valence-electron chi connectivity index (χ1n) is 8.44. The maximum absolute atomic E-state index is 10.5. The Bertz CT molecular complexity index is 898. The topological polar surface area (TPSA) is 68.7 Å². The maximum atomic E-state index is 10.5. The molecule has 3 aromatic rings. The lowest BCUT2D eigenvalue weighted by atomic mass is 10.1. The molecule has 27 heavy (non-hydrogen) atoms. The predicted octanol–water partition coefficient (Wildman–Crippen LogP) is 5.44. The van der Waals surface area contributed by atoms with Crippen LogP contribution in [-0.2, 0) is 4.79 Å². The Labute approximate surface area is 162 Å². The number of hydrogen-bond acceptors (Lipinski definition) is 4. The van der Waals surface area contributed by atoms with E-state index in [1.54, 1.807) is 30.6 Å². The second-order valence-corrected chi connectivity index (χ2v) is 6.21. The SMILES string of the molecule is O=C(O)CCCOc1ccc(-c2cc(Oc3cccnc3)ccc2Cl)cc1. The van der Waals surface area contributed by atoms with Gasteiger partial charge in [-0.15, -0.1) is 0 Å². The van der Waals surface area contributed by atoms with Gasteiger partial charge in [0, 0.05) is 23.2 Å². The molecule has 0 amide bonds. The van der Waals surface area contributed by atoms with Crippen molar-refractivity contribution in [1.82, 2.24) is 4.98 Å². The van der Waals surface area contributed by atoms with Crippen molar-refractivity contribution in [3.05, 3.63) is 72.0 Å². The molecule has 0 spiro atoms. The lowest BCUT2D eigenvalue weighted by Crippen LogP contribution is -2.01. The zero-order chi connectivity index (χ0) is 19.1. The van der Waals surface area contributed by atoms with Crippen molar-refractivity contribution in [3.8, 4) is 28.4 Å². The Kier molecular flexibility index (Phi) is 6.28. The van der Waals surface area contributed by atoms with Crippen molar-refractivity contribution >= 4 is 17.6 Å². The number of aliphatic carboxylic acids is 1. The standard InChI is InChI=1S/C21H18ClNO4/c22-20-10-9-17(27-18-3-1-11-23-14-18)13-19(20)15-5-7-16(8-6-15)26-12-2-4-21(24)25/h1,3,5-11,13-14H,2,4,12H2,(H,24,25). The first-order chi connectivity index (χ1) is 13.1. The van der Waals surface area contributed by atoms with E-state index in [1.165, 1.54) is 0 Å². The van der Waals surface area contributed by atoms with E-state index < -0.39 is 5.97 Å². The molecule has 1 heterocycles. The van der Waals surface area contributed by atoms with Crippen LogP contribution in [0.5, 0.6) is 17.2 Å². The minimum Gasteiger partial charge on any atom is -0.494 e. The van der Waals surface area contributed by atoms with E-state index in [0.717, 1.165) is 11.1 Å². The lowest BCUT2D eigenvalue weighted by Gasteiger charge is -2.10. The van der Waals surface area contributed by atoms with Crippen molar-refractivity contribution in [2.24, 2.45) is 0 Å². The van der Waals surface area contributed by atoms with Gasteiger partial charge in [-0.25, -0.2) is 0 Å². The van der Waals surface area contributed by atoms with Gasteiger partial charge in [0.2, 0.25) is 0 Å². The van der Waals surface area contributed by atoms with Gasteiger partial charge in [-0.1, -0.05) is 23.7 Å². The van der Waals surface area contributed by atoms with Gasteiger partial charge in [-0.05, 0) is 54.4 Å². The van der Waals surface area contributed by atoms with Gasteiger partial charge in [0.05, 0.1) is 12.8 Å². The molecule has 0 bridgehead atoms. The molecule has 0 atom stereocenters. The summed E-state index contributed by atoms with van der Waals surface area (Å²) < 4.78 is 11.4. The zero-order valence-electron chi connectivity index (χ0n) is 14.5. The first-order valence-corrected chi connectivity index (χ1v) is 8.82. The van der Waals surface area contributed by atoms with E-state index in [9.17, 15) is 4.79 Å². The molecule has 5 nitrogen and oxygen atoms in total. The predicted molar refractivity (Wildman–Crippen MR) is 104 cm³/mol. The van der Waals surface area contributed by atoms with Gasteiger partial charge in [0.15, 0.2) is 0 Å². The maximum Gasteiger partial charge on any atom is 0.303 e. The third-order valence-electron chi connectivity index (χ3n) is 3.78. The molecule has 0 fully saturated rings. The van der Waals surface area contributed by atoms with Crippen molar-refractivity contribution in [2.75, 3.05) is 6.61 Å². The third-order valence-corrected chi connectivity index (χ3v) is 4.11. The number of pyridine rings is 1. The van der Waals surface area contributed by atoms with E-state index in [4.69, 9.17) is 26.2 Å². The average molecular weight is 384 g/mol. The number of carbonyl (C=O) groups is 1. The summed E-state index contributed by atoms with van der Waals surface area (Å²) in [6.07, 6.45) is 3.89. The summed E-state index contributed by atoms with van der Waals surface area (Å²) in [5, 5.41) is 9.25. The summed E-state index contributed by atoms with van der Waals surface area (Å²) in [6, 6.07) is 16.6. The van der Waals surface area contributed by atoms with E-state index in [1.807, 2.05) is 36.4 Å². The fraction of sp³-hybridized carbons (Fsp3) is 0.143. The van der Waals surface area contributed by atoms with Crippen LogP contribution in [0.2, 0.25) is 5.02 Å². The number of carboxylic acids is 1. The van der Waals surface area contributed by atoms with Crippen LogP contribution in [0.4, 0.5) is 0 Å². The smallest absolute Gasteiger partial charge is 0.303 e. The second kappa shape index (κ2) is 9.05. The van der Waals surface area contributed by atoms with Crippen LogP contribution in [-0.4, -0.2) is 22.7 Å². The molecule has 6 heteroatoms. The van der Waals surface area contributed by atoms with Crippen LogP contribution in [0.1, 0.15) is 12.8 Å². The molecule has 2 aromatic carbocycles. The second-order valence-electron chi connectivity index (χ2n) is 5.80. The summed E-state index contributed by atoms with van der Waals surface area (Å²) in [4.78, 5) is 14.5. The lowest BCUT2D eigenvalue weighted by molar-refractivity contribution is -0.137. The summed E-state index contributed by atoms with van der Waals surface area (Å²) in [5.74, 6) is 1.17. The van der Waals surface area contributed by atoms with Crippen molar-refractivity contribution in [3.63, 3.8) is 0 Å². The van der Waals surface area contributed by atoms with E-state index in [0.29, 0.717) is 35.3 Å². The number of aromatic nitrogens is 1. The molecule has 0 saturated heterocycles. The highest BCUT2D eigenvalue weighted by Crippen LogP contribution is 2.34. The molecular weight excluding hydrogens is 366 g/mol. The Balaban J connectivity index is 1.70. The zero-order valence-corrected chi connectivity index (χ0v) is 15.2. The summed E-state index contributed by atoms with van der Waals surface area (Å²) in [6.45, 7) is 0.362. The quantitative estimate of drug-likeness (QED) is 0.524. The summed E-state index contributed by atoms with van der Waals surface area (Å²) in [7, 11) is 0. The van der Waals surface area contributed by atoms with Crippen LogP contribution in [0.25, 0.3) is 11.1 Å². The molecule has 0 unspecified atom stereocenters. The fourth-order valence-electron chi connectivity index (χ4n) is 2.48. The number of benzene rings is 2. The van der Waals surface area contributed by atoms with E-state index in [-0.39, 0.29) is 6.42 Å². The molecule has 0 radical (unpaired) electrons. The fourth-order valence-corrected chi connectivity index (χ4v) is 2.70. The normalized spacial score (nSPS) is 10.4. The van der Waals surface area contributed by atoms with Gasteiger partial charge in [-0.2, -0.15) is 0 Å². The van der Waals surface area contributed by atoms with Crippen molar-refractivity contribution in [2.45, 2.75) is 12.8 Å². The Morgan fingerprint density at radius 3 is 2.52 bits per heavy atom. The highest BCUT2D eigenvalue weighted by molar-refractivity contribution is 6.33. The van der Waals surface area contributed by atoms with Crippen LogP contribution in [0.15, 0.2) is 67.0 Å². The number of halogens is 1. The Hall–Kier alpha value is -3.05. The Morgan fingerprint density at radius 2 is 1.81 bits per heavy atom. The first kappa shape index (κ1) is 18.7. The Morgan fingerprint density at radius 1 is 1.04 bits per heavy atom. The van der Waals surface area contributed by atoms with Crippen LogP contribution in [0, 0.1) is 0 Å². The summed E-state index contributed by atoms with van der Waals surface area (Å²) in [5.41, 5.74) is 1.77. The van der Waals surface area contributed by atoms with Gasteiger partial charge < -0.3 is 14.6 Å². The van der Waals surface area contributed by atoms with Gasteiger partial charge in [0.25, 0.3) is 0 Å². The van der Waals surface area contributed by atoms with Crippen LogP contribution in [0.3, 0.4) is 0 Å². The van der Waals surface area contributed by atoms with Gasteiger partial charge in [0.1, 0.15) is 17.2 Å². The minimum atomic E-state index is -0.822. The number of carboxylic acid groups (broad SMARTS) is 1. The van der Waals surface area contributed by atoms with E-state index in [2.05, 4.69) is 4.98 Å². The number of rotatable bonds is 8. The molecule has 0 aliphatic rings. The third kappa shape index (κ3) is 5.46. The van der Waals surface area contributed by atoms with Crippen LogP contribution < -0.4 is 9.47 Å². The largest absolute Gasteiger partial charge is 0.494 e. The minimum absolute atomic E-state index is 0.0947. The number of hydrogen-bond donors (Lipinski definition) is 1. The van der Waals surface area contributed by atoms with Crippen molar-refractivity contribution in [1.29, 1.82) is 0 Å². The molecule has 1 N–H and O–H groups in total. The van der Waals surface area contributed by atoms with Gasteiger partial charge in [-0.3, -0.25) is 9.78 Å². The monoisotopic (exact) mass is 383 g/mol. The molecule has 0 aliphatic carbocycles.